The Balaban J connectivity index is 0.000000296. The van der Waals surface area contributed by atoms with Crippen LogP contribution in [0.1, 0.15) is 161 Å². The molecule has 4 aliphatic carbocycles. The molecule has 1 saturated heterocycles. The van der Waals surface area contributed by atoms with E-state index in [0.29, 0.717) is 41.9 Å². The van der Waals surface area contributed by atoms with Crippen LogP contribution in [-0.2, 0) is 42.6 Å². The minimum absolute atomic E-state index is 0. The van der Waals surface area contributed by atoms with E-state index in [1.54, 1.807) is 0 Å². The molecule has 13 atom stereocenters. The fraction of sp³-hybridized carbons (Fsp3) is 0.750. The Morgan fingerprint density at radius 1 is 0.672 bits per heavy atom. The van der Waals surface area contributed by atoms with Crippen LogP contribution in [0.3, 0.4) is 0 Å². The van der Waals surface area contributed by atoms with Gasteiger partial charge >= 0.3 is 23.9 Å². The zero-order valence-corrected chi connectivity index (χ0v) is 45.0. The number of hydrogen-bond donors (Lipinski definition) is 0. The van der Waals surface area contributed by atoms with Crippen LogP contribution in [0.15, 0.2) is 59.8 Å². The molecule has 11 heteroatoms. The van der Waals surface area contributed by atoms with Crippen molar-refractivity contribution in [3.8, 4) is 0 Å². The van der Waals surface area contributed by atoms with Gasteiger partial charge in [0.25, 0.3) is 0 Å². The molecule has 67 heavy (non-hydrogen) atoms. The number of allylic oxidation sites excluding steroid dienone is 6. The zero-order chi connectivity index (χ0) is 48.9. The van der Waals surface area contributed by atoms with Crippen molar-refractivity contribution in [3.63, 3.8) is 0 Å². The van der Waals surface area contributed by atoms with E-state index >= 15 is 0 Å². The lowest BCUT2D eigenvalue weighted by Gasteiger charge is -2.44. The van der Waals surface area contributed by atoms with E-state index in [9.17, 15) is 19.2 Å². The lowest BCUT2D eigenvalue weighted by atomic mass is 9.65. The molecular weight excluding hydrogens is 864 g/mol. The second-order valence-electron chi connectivity index (χ2n) is 23.8. The predicted molar refractivity (Wildman–Crippen MR) is 268 cm³/mol. The number of cyclic esters (lactones) is 2. The van der Waals surface area contributed by atoms with Crippen LogP contribution in [0.25, 0.3) is 0 Å². The minimum atomic E-state index is -1.96. The lowest BCUT2D eigenvalue weighted by Crippen LogP contribution is -2.47. The molecule has 6 rings (SSSR count). The summed E-state index contributed by atoms with van der Waals surface area (Å²) in [4.78, 5) is 50.0. The molecule has 0 aromatic heterocycles. The van der Waals surface area contributed by atoms with Gasteiger partial charge in [0.05, 0.1) is 23.4 Å². The molecule has 6 aliphatic rings. The van der Waals surface area contributed by atoms with Gasteiger partial charge in [-0.05, 0) is 144 Å². The van der Waals surface area contributed by atoms with E-state index in [1.165, 1.54) is 17.2 Å². The standard InChI is InChI=1S/C31H52O5Si.C25H36O4.FH/c1-11-31(7,8)29(33)35-26-17-20(2)16-22-13-12-21(3)25(28(22)26)15-14-23-18-24(19-27(32)34-23)36-37(9,10)30(4,5)6;1-6-25(4,5)24(27)29-21-15-16(2)14-18-11-10-17(3)20(23(18)21)13-12-19-8-7-9-22(26)28-19;/h12-13,16,20-21,23-26,28H,11,14-15,17-19H2,1-10H3;7,9-11,14,16-17,19-21,23H,6,8,12-13,15H2,1-5H3;1H/t20-,21-,23?,24-,25-,26-,28-;16-,17-,19?,20-,21-,23-;/m00./s1. The molecule has 2 aliphatic heterocycles. The van der Waals surface area contributed by atoms with Crippen LogP contribution >= 0.6 is 0 Å². The highest BCUT2D eigenvalue weighted by Crippen LogP contribution is 2.48. The third-order valence-electron chi connectivity index (χ3n) is 16.6. The smallest absolute Gasteiger partial charge is 0.330 e. The molecule has 0 aromatic carbocycles. The van der Waals surface area contributed by atoms with Crippen molar-refractivity contribution in [2.45, 2.75) is 209 Å². The number of carbonyl (C=O) groups excluding carboxylic acids is 4. The van der Waals surface area contributed by atoms with E-state index in [2.05, 4.69) is 98.0 Å². The van der Waals surface area contributed by atoms with Gasteiger partial charge in [-0.15, -0.1) is 0 Å². The topological polar surface area (TPSA) is 114 Å². The Morgan fingerprint density at radius 3 is 1.57 bits per heavy atom. The quantitative estimate of drug-likeness (QED) is 0.0953. The van der Waals surface area contributed by atoms with E-state index in [0.717, 1.165) is 64.2 Å². The van der Waals surface area contributed by atoms with Crippen LogP contribution in [-0.4, -0.2) is 62.7 Å². The first-order valence-corrected chi connectivity index (χ1v) is 28.6. The van der Waals surface area contributed by atoms with Crippen molar-refractivity contribution in [3.05, 3.63) is 59.8 Å². The van der Waals surface area contributed by atoms with Crippen molar-refractivity contribution < 1.29 is 47.3 Å². The average Bonchev–Trinajstić information content (AvgIpc) is 3.22. The summed E-state index contributed by atoms with van der Waals surface area (Å²) in [7, 11) is -1.96. The van der Waals surface area contributed by atoms with Crippen LogP contribution in [0, 0.1) is 58.2 Å². The van der Waals surface area contributed by atoms with Crippen LogP contribution < -0.4 is 0 Å². The number of carbonyl (C=O) groups is 4. The average molecular weight is 953 g/mol. The van der Waals surface area contributed by atoms with Crippen molar-refractivity contribution in [2.24, 2.45) is 58.2 Å². The third kappa shape index (κ3) is 14.4. The van der Waals surface area contributed by atoms with Gasteiger partial charge in [-0.2, -0.15) is 0 Å². The Bertz CT molecular complexity index is 1880. The van der Waals surface area contributed by atoms with E-state index in [4.69, 9.17) is 23.4 Å². The van der Waals surface area contributed by atoms with Crippen LogP contribution in [0.2, 0.25) is 18.1 Å². The first kappa shape index (κ1) is 56.3. The fourth-order valence-electron chi connectivity index (χ4n) is 10.5. The predicted octanol–water partition coefficient (Wildman–Crippen LogP) is 13.2. The molecule has 9 nitrogen and oxygen atoms in total. The lowest BCUT2D eigenvalue weighted by molar-refractivity contribution is -0.166. The fourth-order valence-corrected chi connectivity index (χ4v) is 11.9. The molecule has 0 radical (unpaired) electrons. The van der Waals surface area contributed by atoms with Gasteiger partial charge in [0.1, 0.15) is 24.4 Å². The van der Waals surface area contributed by atoms with Gasteiger partial charge < -0.3 is 23.4 Å². The molecule has 0 amide bonds. The van der Waals surface area contributed by atoms with Gasteiger partial charge in [0.2, 0.25) is 0 Å². The Kier molecular flexibility index (Phi) is 19.4. The molecule has 378 valence electrons. The summed E-state index contributed by atoms with van der Waals surface area (Å²) in [5, 5.41) is 0.105. The van der Waals surface area contributed by atoms with Gasteiger partial charge in [0, 0.05) is 30.8 Å². The Hall–Kier alpha value is -3.31. The SMILES string of the molecule is CCC(C)(C)C(=O)O[C@H]1C[C@@H](C)C=C2C=C[C@H](C)[C@H](CCC3CC=CC(=O)O3)[C@H]21.CCC(C)(C)C(=O)O[C@H]1C[C@@H](C)C=C2C=C[C@H](C)[C@H](CCC3C[C@H](O[Si](C)(C)C(C)(C)C)CC(=O)O3)[C@H]21.F. The molecule has 2 heterocycles. The Morgan fingerprint density at radius 2 is 1.13 bits per heavy atom. The first-order chi connectivity index (χ1) is 30.7. The summed E-state index contributed by atoms with van der Waals surface area (Å²) in [5.74, 6) is 2.10. The summed E-state index contributed by atoms with van der Waals surface area (Å²) in [5.41, 5.74) is 1.66. The number of fused-ring (bicyclic) bond motifs is 2. The number of rotatable bonds is 14. The van der Waals surface area contributed by atoms with Gasteiger partial charge in [-0.25, -0.2) is 4.79 Å². The van der Waals surface area contributed by atoms with Crippen LogP contribution in [0.5, 0.6) is 0 Å². The van der Waals surface area contributed by atoms with Gasteiger partial charge in [0.15, 0.2) is 8.32 Å². The molecule has 0 N–H and O–H groups in total. The summed E-state index contributed by atoms with van der Waals surface area (Å²) in [6.45, 7) is 32.1. The summed E-state index contributed by atoms with van der Waals surface area (Å²) in [6.07, 6.45) is 25.5. The highest BCUT2D eigenvalue weighted by molar-refractivity contribution is 6.74. The maximum absolute atomic E-state index is 13.1. The summed E-state index contributed by atoms with van der Waals surface area (Å²) >= 11 is 0. The van der Waals surface area contributed by atoms with Crippen molar-refractivity contribution in [2.75, 3.05) is 0 Å². The molecular formula is C56H89FO9Si. The monoisotopic (exact) mass is 953 g/mol. The highest BCUT2D eigenvalue weighted by Gasteiger charge is 2.46. The van der Waals surface area contributed by atoms with E-state index in [-0.39, 0.29) is 76.0 Å². The van der Waals surface area contributed by atoms with Crippen LogP contribution in [0.4, 0.5) is 4.70 Å². The van der Waals surface area contributed by atoms with Crippen molar-refractivity contribution >= 4 is 32.2 Å². The molecule has 0 bridgehead atoms. The summed E-state index contributed by atoms with van der Waals surface area (Å²) in [6, 6.07) is 0. The van der Waals surface area contributed by atoms with E-state index < -0.39 is 19.1 Å². The maximum Gasteiger partial charge on any atom is 0.330 e. The molecule has 1 fully saturated rings. The summed E-state index contributed by atoms with van der Waals surface area (Å²) < 4.78 is 30.3. The third-order valence-corrected chi connectivity index (χ3v) is 21.2. The second-order valence-corrected chi connectivity index (χ2v) is 28.6. The Labute approximate surface area is 405 Å². The van der Waals surface area contributed by atoms with Crippen molar-refractivity contribution in [1.82, 2.24) is 0 Å². The largest absolute Gasteiger partial charge is 0.462 e. The van der Waals surface area contributed by atoms with Crippen molar-refractivity contribution in [1.29, 1.82) is 0 Å². The molecule has 2 unspecified atom stereocenters. The molecule has 0 saturated carbocycles. The number of halogens is 1. The highest BCUT2D eigenvalue weighted by atomic mass is 28.4. The van der Waals surface area contributed by atoms with Gasteiger partial charge in [-0.3, -0.25) is 19.1 Å². The maximum atomic E-state index is 13.1. The first-order valence-electron chi connectivity index (χ1n) is 25.7. The zero-order valence-electron chi connectivity index (χ0n) is 44.0. The molecule has 0 aromatic rings. The normalized spacial score (nSPS) is 33.0. The van der Waals surface area contributed by atoms with E-state index in [1.807, 2.05) is 47.6 Å². The molecule has 0 spiro atoms. The second kappa shape index (κ2) is 23.1. The van der Waals surface area contributed by atoms with Gasteiger partial charge in [-0.1, -0.05) is 105 Å². The number of esters is 4. The minimum Gasteiger partial charge on any atom is -0.462 e. The number of ether oxygens (including phenoxy) is 4. The number of hydrogen-bond acceptors (Lipinski definition) is 9.